The summed E-state index contributed by atoms with van der Waals surface area (Å²) in [5.41, 5.74) is 3.27. The highest BCUT2D eigenvalue weighted by atomic mass is 35.5. The van der Waals surface area contributed by atoms with Crippen molar-refractivity contribution >= 4 is 68.1 Å². The van der Waals surface area contributed by atoms with Gasteiger partial charge in [-0.1, -0.05) is 17.7 Å². The number of ether oxygens (including phenoxy) is 1. The number of urea groups is 1. The highest BCUT2D eigenvalue weighted by Crippen LogP contribution is 2.36. The van der Waals surface area contributed by atoms with E-state index < -0.39 is 22.3 Å². The van der Waals surface area contributed by atoms with Crippen LogP contribution in [-0.2, 0) is 14.8 Å². The second-order valence-electron chi connectivity index (χ2n) is 8.84. The quantitative estimate of drug-likeness (QED) is 0.311. The summed E-state index contributed by atoms with van der Waals surface area (Å²) in [6.45, 7) is 5.14. The molecule has 3 heterocycles. The van der Waals surface area contributed by atoms with E-state index in [9.17, 15) is 18.3 Å². The monoisotopic (exact) mass is 590 g/mol. The summed E-state index contributed by atoms with van der Waals surface area (Å²) in [7, 11) is -4.03. The first-order valence-electron chi connectivity index (χ1n) is 12.2. The number of halogens is 1. The van der Waals surface area contributed by atoms with Crippen LogP contribution in [0.3, 0.4) is 0 Å². The van der Waals surface area contributed by atoms with Crippen LogP contribution in [0.5, 0.6) is 0 Å². The minimum absolute atomic E-state index is 0.0625. The number of carbonyl (C=O) groups is 1. The zero-order valence-electron chi connectivity index (χ0n) is 20.7. The summed E-state index contributed by atoms with van der Waals surface area (Å²) >= 11 is 6.64. The third kappa shape index (κ3) is 6.69. The molecule has 1 atom stereocenters. The summed E-state index contributed by atoms with van der Waals surface area (Å²) in [5, 5.41) is 16.9. The molecule has 0 radical (unpaired) electrons. The fraction of sp³-hybridized carbons (Fsp3) is 0.280. The van der Waals surface area contributed by atoms with Gasteiger partial charge in [0, 0.05) is 48.8 Å². The third-order valence-corrected chi connectivity index (χ3v) is 9.27. The van der Waals surface area contributed by atoms with Crippen molar-refractivity contribution in [2.24, 2.45) is 4.99 Å². The Morgan fingerprint density at radius 3 is 2.56 bits per heavy atom. The van der Waals surface area contributed by atoms with E-state index in [4.69, 9.17) is 16.3 Å². The molecule has 206 valence electrons. The number of aliphatic imine (C=N–C) groups is 1. The number of aliphatic hydroxyl groups excluding tert-OH is 1. The fourth-order valence-electron chi connectivity index (χ4n) is 4.20. The Bertz CT molecular complexity index is 1460. The van der Waals surface area contributed by atoms with E-state index in [-0.39, 0.29) is 4.21 Å². The lowest BCUT2D eigenvalue weighted by Gasteiger charge is -2.30. The Labute approximate surface area is 235 Å². The number of hydrogen-bond acceptors (Lipinski definition) is 10. The first-order valence-corrected chi connectivity index (χ1v) is 14.8. The Morgan fingerprint density at radius 1 is 1.10 bits per heavy atom. The van der Waals surface area contributed by atoms with Crippen molar-refractivity contribution in [3.8, 4) is 0 Å². The van der Waals surface area contributed by atoms with E-state index in [1.807, 2.05) is 22.9 Å². The maximum Gasteiger partial charge on any atom is 0.333 e. The van der Waals surface area contributed by atoms with Gasteiger partial charge in [-0.25, -0.2) is 22.9 Å². The van der Waals surface area contributed by atoms with Crippen LogP contribution in [0.25, 0.3) is 0 Å². The van der Waals surface area contributed by atoms with Crippen LogP contribution < -0.4 is 20.3 Å². The summed E-state index contributed by atoms with van der Waals surface area (Å²) < 4.78 is 32.2. The van der Waals surface area contributed by atoms with Crippen LogP contribution in [0.1, 0.15) is 11.8 Å². The Balaban J connectivity index is 1.17. The molecule has 1 aromatic heterocycles. The molecule has 2 aliphatic heterocycles. The molecule has 1 fully saturated rings. The van der Waals surface area contributed by atoms with Crippen LogP contribution in [0.15, 0.2) is 63.8 Å². The molecule has 39 heavy (non-hydrogen) atoms. The molecule has 1 saturated heterocycles. The number of aliphatic hydroxyl groups is 1. The second-order valence-corrected chi connectivity index (χ2v) is 12.5. The molecule has 5 rings (SSSR count). The van der Waals surface area contributed by atoms with Crippen LogP contribution in [0.2, 0.25) is 4.34 Å². The zero-order chi connectivity index (χ0) is 27.4. The van der Waals surface area contributed by atoms with Crippen molar-refractivity contribution in [2.75, 3.05) is 54.9 Å². The average Bonchev–Trinajstić information content (AvgIpc) is 3.37. The maximum absolute atomic E-state index is 12.3. The van der Waals surface area contributed by atoms with Crippen molar-refractivity contribution in [2.45, 2.75) is 10.4 Å². The fourth-order valence-corrected chi connectivity index (χ4v) is 6.59. The Hall–Kier alpha value is -3.20. The summed E-state index contributed by atoms with van der Waals surface area (Å²) in [6.07, 6.45) is 0.600. The second kappa shape index (κ2) is 11.9. The predicted octanol–water partition coefficient (Wildman–Crippen LogP) is 3.83. The molecule has 0 bridgehead atoms. The normalized spacial score (nSPS) is 17.5. The number of rotatable bonds is 8. The number of thiophene rings is 1. The molecular weight excluding hydrogens is 564 g/mol. The van der Waals surface area contributed by atoms with Gasteiger partial charge in [0.15, 0.2) is 6.23 Å². The number of hydrogen-bond donors (Lipinski definition) is 4. The number of morpholine rings is 1. The van der Waals surface area contributed by atoms with Gasteiger partial charge in [0.2, 0.25) is 0 Å². The maximum atomic E-state index is 12.3. The lowest BCUT2D eigenvalue weighted by Crippen LogP contribution is -2.39. The summed E-state index contributed by atoms with van der Waals surface area (Å²) in [6, 6.07) is 14.1. The van der Waals surface area contributed by atoms with E-state index in [1.165, 1.54) is 12.1 Å². The van der Waals surface area contributed by atoms with E-state index >= 15 is 0 Å². The highest BCUT2D eigenvalue weighted by Gasteiger charge is 2.24. The standard InChI is InChI=1S/C25H27ClN6O5S2/c26-22-7-8-23(38-22)39(35,36)30-25(34)29-17-1-4-19(5-2-17)32-16-28-21-15-18(3-6-20(21)24(32)33)27-9-10-31-11-13-37-14-12-31/h1-8,15-16,24,27,33H,9-14H2,(H2,29,30,34). The molecule has 3 aromatic rings. The van der Waals surface area contributed by atoms with Gasteiger partial charge < -0.3 is 25.4 Å². The predicted molar refractivity (Wildman–Crippen MR) is 153 cm³/mol. The van der Waals surface area contributed by atoms with Crippen molar-refractivity contribution in [3.63, 3.8) is 0 Å². The molecule has 0 aliphatic carbocycles. The molecule has 11 nitrogen and oxygen atoms in total. The lowest BCUT2D eigenvalue weighted by atomic mass is 10.1. The molecule has 2 amide bonds. The van der Waals surface area contributed by atoms with Crippen LogP contribution in [0, 0.1) is 0 Å². The average molecular weight is 591 g/mol. The SMILES string of the molecule is O=C(Nc1ccc(N2C=Nc3cc(NCCN4CCOCC4)ccc3C2O)cc1)NS(=O)(=O)c1ccc(Cl)s1. The summed E-state index contributed by atoms with van der Waals surface area (Å²) in [5.74, 6) is 0. The smallest absolute Gasteiger partial charge is 0.333 e. The van der Waals surface area contributed by atoms with E-state index in [1.54, 1.807) is 35.5 Å². The topological polar surface area (TPSA) is 136 Å². The van der Waals surface area contributed by atoms with Crippen molar-refractivity contribution in [3.05, 3.63) is 64.5 Å². The van der Waals surface area contributed by atoms with Gasteiger partial charge in [-0.15, -0.1) is 11.3 Å². The number of nitrogens with zero attached hydrogens (tertiary/aromatic N) is 3. The Kier molecular flexibility index (Phi) is 8.35. The summed E-state index contributed by atoms with van der Waals surface area (Å²) in [4.78, 5) is 20.7. The minimum atomic E-state index is -4.03. The highest BCUT2D eigenvalue weighted by molar-refractivity contribution is 7.92. The van der Waals surface area contributed by atoms with Gasteiger partial charge >= 0.3 is 6.03 Å². The Morgan fingerprint density at radius 2 is 1.85 bits per heavy atom. The molecule has 0 spiro atoms. The van der Waals surface area contributed by atoms with E-state index in [0.29, 0.717) is 27.0 Å². The van der Waals surface area contributed by atoms with Crippen LogP contribution in [-0.4, -0.2) is 70.2 Å². The molecule has 2 aromatic carbocycles. The van der Waals surface area contributed by atoms with Crippen LogP contribution >= 0.6 is 22.9 Å². The first-order chi connectivity index (χ1) is 18.8. The van der Waals surface area contributed by atoms with Crippen LogP contribution in [0.4, 0.5) is 27.5 Å². The third-order valence-electron chi connectivity index (χ3n) is 6.22. The minimum Gasteiger partial charge on any atom is -0.384 e. The van der Waals surface area contributed by atoms with Gasteiger partial charge in [0.05, 0.1) is 29.6 Å². The van der Waals surface area contributed by atoms with Gasteiger partial charge in [0.1, 0.15) is 4.21 Å². The number of benzene rings is 2. The van der Waals surface area contributed by atoms with Gasteiger partial charge in [-0.2, -0.15) is 0 Å². The zero-order valence-corrected chi connectivity index (χ0v) is 23.1. The van der Waals surface area contributed by atoms with Crippen molar-refractivity contribution in [1.82, 2.24) is 9.62 Å². The van der Waals surface area contributed by atoms with Gasteiger partial charge in [-0.05, 0) is 48.5 Å². The number of nitrogens with one attached hydrogen (secondary N) is 3. The number of carbonyl (C=O) groups excluding carboxylic acids is 1. The number of anilines is 3. The number of amides is 2. The number of fused-ring (bicyclic) bond motifs is 1. The molecular formula is C25H27ClN6O5S2. The van der Waals surface area contributed by atoms with E-state index in [2.05, 4.69) is 20.5 Å². The first kappa shape index (κ1) is 27.4. The van der Waals surface area contributed by atoms with Crippen molar-refractivity contribution < 1.29 is 23.1 Å². The molecule has 2 aliphatic rings. The lowest BCUT2D eigenvalue weighted by molar-refractivity contribution is 0.0398. The largest absolute Gasteiger partial charge is 0.384 e. The van der Waals surface area contributed by atoms with Crippen molar-refractivity contribution in [1.29, 1.82) is 0 Å². The number of sulfonamides is 1. The van der Waals surface area contributed by atoms with Gasteiger partial charge in [0.25, 0.3) is 10.0 Å². The molecule has 14 heteroatoms. The molecule has 4 N–H and O–H groups in total. The molecule has 0 saturated carbocycles. The van der Waals surface area contributed by atoms with E-state index in [0.717, 1.165) is 56.4 Å². The molecule has 1 unspecified atom stereocenters. The van der Waals surface area contributed by atoms with Gasteiger partial charge in [-0.3, -0.25) is 4.90 Å².